The van der Waals surface area contributed by atoms with Gasteiger partial charge < -0.3 is 35.5 Å². The second kappa shape index (κ2) is 9.17. The van der Waals surface area contributed by atoms with Crippen molar-refractivity contribution in [2.24, 2.45) is 0 Å². The van der Waals surface area contributed by atoms with Crippen LogP contribution < -0.4 is 15.4 Å². The number of aliphatic hydroxyl groups excluding tert-OH is 2. The maximum atomic E-state index is 12.9. The molecule has 0 spiro atoms. The van der Waals surface area contributed by atoms with Crippen molar-refractivity contribution >= 4 is 40.0 Å². The van der Waals surface area contributed by atoms with Crippen LogP contribution in [-0.4, -0.2) is 70.0 Å². The van der Waals surface area contributed by atoms with Gasteiger partial charge in [0.2, 0.25) is 5.91 Å². The second-order valence-electron chi connectivity index (χ2n) is 8.61. The molecule has 3 aromatic rings. The largest absolute Gasteiger partial charge is 0.468 e. The average Bonchev–Trinajstić information content (AvgIpc) is 3.30. The summed E-state index contributed by atoms with van der Waals surface area (Å²) in [5.74, 6) is -0.0223. The third kappa shape index (κ3) is 4.54. The Bertz CT molecular complexity index is 1240. The number of halogens is 1. The number of β-amino-alcohol motifs (C(OH)–C–C–N with tert-alkyl or cyclic N) is 2. The summed E-state index contributed by atoms with van der Waals surface area (Å²) in [6.07, 6.45) is -1.91. The normalized spacial score (nSPS) is 22.0. The number of carbonyl (C=O) groups excluding carboxylic acids is 2. The third-order valence-corrected chi connectivity index (χ3v) is 6.39. The quantitative estimate of drug-likeness (QED) is 0.385. The van der Waals surface area contributed by atoms with Gasteiger partial charge in [-0.25, -0.2) is 0 Å². The predicted octanol–water partition coefficient (Wildman–Crippen LogP) is 1.88. The Morgan fingerprint density at radius 1 is 1.15 bits per heavy atom. The van der Waals surface area contributed by atoms with Crippen LogP contribution in [0, 0.1) is 0 Å². The molecule has 3 heterocycles. The van der Waals surface area contributed by atoms with Crippen LogP contribution in [0.2, 0.25) is 5.02 Å². The Hall–Kier alpha value is -3.27. The van der Waals surface area contributed by atoms with Gasteiger partial charge >= 0.3 is 0 Å². The number of aromatic nitrogens is 1. The van der Waals surface area contributed by atoms with E-state index in [1.165, 1.54) is 4.90 Å². The Balaban J connectivity index is 1.31. The van der Waals surface area contributed by atoms with E-state index in [4.69, 9.17) is 16.3 Å². The lowest BCUT2D eigenvalue weighted by Gasteiger charge is -2.21. The van der Waals surface area contributed by atoms with Crippen LogP contribution in [0.4, 0.5) is 5.69 Å². The standard InChI is InChI=1S/C24H25ClN4O5/c25-15-4-5-16-14(8-15)9-18(27-16)24(33)28-21-6-7-26-17-3-1-2-13(23(17)34-21)10-22(32)29-11-19(30)20(31)12-29/h1-5,8-9,19-21,26-27,30-31H,6-7,10-12H2,(H,28,33). The van der Waals surface area contributed by atoms with E-state index >= 15 is 0 Å². The van der Waals surface area contributed by atoms with Crippen LogP contribution >= 0.6 is 11.6 Å². The lowest BCUT2D eigenvalue weighted by atomic mass is 10.1. The van der Waals surface area contributed by atoms with Gasteiger partial charge in [0, 0.05) is 47.5 Å². The van der Waals surface area contributed by atoms with Gasteiger partial charge in [0.1, 0.15) is 11.4 Å². The van der Waals surface area contributed by atoms with Crippen LogP contribution in [0.5, 0.6) is 5.75 Å². The third-order valence-electron chi connectivity index (χ3n) is 6.15. The monoisotopic (exact) mass is 484 g/mol. The minimum absolute atomic E-state index is 0.0493. The molecule has 9 nitrogen and oxygen atoms in total. The molecule has 5 rings (SSSR count). The van der Waals surface area contributed by atoms with Crippen LogP contribution in [0.1, 0.15) is 22.5 Å². The first kappa shape index (κ1) is 22.5. The number of amides is 2. The number of nitrogens with one attached hydrogen (secondary N) is 3. The van der Waals surface area contributed by atoms with Crippen molar-refractivity contribution in [1.82, 2.24) is 15.2 Å². The lowest BCUT2D eigenvalue weighted by Crippen LogP contribution is -2.39. The Morgan fingerprint density at radius 2 is 1.94 bits per heavy atom. The predicted molar refractivity (Wildman–Crippen MR) is 127 cm³/mol. The number of rotatable bonds is 4. The van der Waals surface area contributed by atoms with E-state index in [-0.39, 0.29) is 31.3 Å². The molecule has 3 unspecified atom stereocenters. The number of nitrogens with zero attached hydrogens (tertiary/aromatic N) is 1. The topological polar surface area (TPSA) is 127 Å². The SMILES string of the molecule is O=C(NC1CCNc2cccc(CC(=O)N3CC(O)C(O)C3)c2O1)c1cc2cc(Cl)ccc2[nH]1. The minimum atomic E-state index is -0.935. The molecule has 0 aliphatic carbocycles. The average molecular weight is 485 g/mol. The molecule has 2 aliphatic rings. The van der Waals surface area contributed by atoms with E-state index in [2.05, 4.69) is 15.6 Å². The molecule has 3 atom stereocenters. The molecule has 1 fully saturated rings. The van der Waals surface area contributed by atoms with E-state index in [9.17, 15) is 19.8 Å². The summed E-state index contributed by atoms with van der Waals surface area (Å²) in [6, 6.07) is 12.6. The van der Waals surface area contributed by atoms with Crippen molar-refractivity contribution < 1.29 is 24.5 Å². The Kier molecular flexibility index (Phi) is 6.07. The van der Waals surface area contributed by atoms with Crippen molar-refractivity contribution in [3.8, 4) is 5.75 Å². The number of aliphatic hydroxyl groups is 2. The van der Waals surface area contributed by atoms with E-state index in [1.54, 1.807) is 24.3 Å². The van der Waals surface area contributed by atoms with Crippen molar-refractivity contribution in [3.63, 3.8) is 0 Å². The molecule has 0 bridgehead atoms. The fraction of sp³-hybridized carbons (Fsp3) is 0.333. The summed E-state index contributed by atoms with van der Waals surface area (Å²) in [7, 11) is 0. The van der Waals surface area contributed by atoms with Crippen LogP contribution in [0.25, 0.3) is 10.9 Å². The van der Waals surface area contributed by atoms with Gasteiger partial charge in [0.25, 0.3) is 5.91 Å². The molecule has 2 aromatic carbocycles. The highest BCUT2D eigenvalue weighted by Gasteiger charge is 2.33. The highest BCUT2D eigenvalue weighted by atomic mass is 35.5. The van der Waals surface area contributed by atoms with E-state index in [0.717, 1.165) is 16.6 Å². The molecule has 2 aliphatic heterocycles. The van der Waals surface area contributed by atoms with Gasteiger partial charge in [-0.05, 0) is 30.3 Å². The molecule has 0 saturated carbocycles. The summed E-state index contributed by atoms with van der Waals surface area (Å²) in [5.41, 5.74) is 2.60. The summed E-state index contributed by atoms with van der Waals surface area (Å²) in [4.78, 5) is 30.2. The highest BCUT2D eigenvalue weighted by Crippen LogP contribution is 2.33. The Labute approximate surface area is 200 Å². The van der Waals surface area contributed by atoms with E-state index in [1.807, 2.05) is 18.2 Å². The van der Waals surface area contributed by atoms with Gasteiger partial charge in [-0.1, -0.05) is 23.7 Å². The molecule has 2 amide bonds. The molecule has 1 aromatic heterocycles. The number of aromatic amines is 1. The van der Waals surface area contributed by atoms with Crippen molar-refractivity contribution in [2.45, 2.75) is 31.3 Å². The number of para-hydroxylation sites is 1. The Morgan fingerprint density at radius 3 is 2.74 bits per heavy atom. The highest BCUT2D eigenvalue weighted by molar-refractivity contribution is 6.31. The van der Waals surface area contributed by atoms with Gasteiger partial charge in [-0.2, -0.15) is 0 Å². The number of hydrogen-bond acceptors (Lipinski definition) is 6. The first-order chi connectivity index (χ1) is 16.4. The van der Waals surface area contributed by atoms with Gasteiger partial charge in [-0.15, -0.1) is 0 Å². The van der Waals surface area contributed by atoms with Crippen LogP contribution in [0.15, 0.2) is 42.5 Å². The first-order valence-corrected chi connectivity index (χ1v) is 11.5. The molecule has 1 saturated heterocycles. The number of likely N-dealkylation sites (tertiary alicyclic amines) is 1. The van der Waals surface area contributed by atoms with Crippen molar-refractivity contribution in [1.29, 1.82) is 0 Å². The van der Waals surface area contributed by atoms with Crippen molar-refractivity contribution in [2.75, 3.05) is 25.0 Å². The fourth-order valence-corrected chi connectivity index (χ4v) is 4.52. The molecule has 10 heteroatoms. The number of hydrogen-bond donors (Lipinski definition) is 5. The van der Waals surface area contributed by atoms with E-state index in [0.29, 0.717) is 35.0 Å². The maximum Gasteiger partial charge on any atom is 0.270 e. The number of carbonyl (C=O) groups is 2. The second-order valence-corrected chi connectivity index (χ2v) is 9.05. The number of ether oxygens (including phenoxy) is 1. The zero-order valence-corrected chi connectivity index (χ0v) is 19.0. The van der Waals surface area contributed by atoms with Crippen molar-refractivity contribution in [3.05, 3.63) is 58.7 Å². The van der Waals surface area contributed by atoms with Crippen LogP contribution in [-0.2, 0) is 11.2 Å². The number of fused-ring (bicyclic) bond motifs is 2. The zero-order chi connectivity index (χ0) is 23.8. The molecule has 0 radical (unpaired) electrons. The molecule has 5 N–H and O–H groups in total. The first-order valence-electron chi connectivity index (χ1n) is 11.1. The molecule has 178 valence electrons. The maximum absolute atomic E-state index is 12.9. The number of H-pyrrole nitrogens is 1. The minimum Gasteiger partial charge on any atom is -0.468 e. The summed E-state index contributed by atoms with van der Waals surface area (Å²) in [5, 5.41) is 27.1. The zero-order valence-electron chi connectivity index (χ0n) is 18.3. The number of benzene rings is 2. The van der Waals surface area contributed by atoms with Gasteiger partial charge in [0.05, 0.1) is 24.3 Å². The molecular weight excluding hydrogens is 460 g/mol. The van der Waals surface area contributed by atoms with Gasteiger partial charge in [0.15, 0.2) is 6.23 Å². The van der Waals surface area contributed by atoms with E-state index < -0.39 is 18.4 Å². The fourth-order valence-electron chi connectivity index (χ4n) is 4.34. The summed E-state index contributed by atoms with van der Waals surface area (Å²) in [6.45, 7) is 0.771. The smallest absolute Gasteiger partial charge is 0.270 e. The molecular formula is C24H25ClN4O5. The lowest BCUT2D eigenvalue weighted by molar-refractivity contribution is -0.130. The summed E-state index contributed by atoms with van der Waals surface area (Å²) >= 11 is 6.04. The summed E-state index contributed by atoms with van der Waals surface area (Å²) < 4.78 is 6.18. The van der Waals surface area contributed by atoms with Gasteiger partial charge in [-0.3, -0.25) is 9.59 Å². The van der Waals surface area contributed by atoms with Crippen LogP contribution in [0.3, 0.4) is 0 Å². The molecule has 34 heavy (non-hydrogen) atoms. The number of anilines is 1.